The summed E-state index contributed by atoms with van der Waals surface area (Å²) in [5, 5.41) is 19.8. The van der Waals surface area contributed by atoms with E-state index in [1.807, 2.05) is 18.2 Å². The fourth-order valence-corrected chi connectivity index (χ4v) is 8.21. The third-order valence-corrected chi connectivity index (χ3v) is 11.5. The molecule has 2 aromatic heterocycles. The van der Waals surface area contributed by atoms with Crippen molar-refractivity contribution in [1.29, 1.82) is 0 Å². The number of carboxylic acids is 2. The maximum absolute atomic E-state index is 13.1. The summed E-state index contributed by atoms with van der Waals surface area (Å²) in [4.78, 5) is 25.8. The van der Waals surface area contributed by atoms with Gasteiger partial charge in [0.15, 0.2) is 0 Å². The maximum atomic E-state index is 13.1. The van der Waals surface area contributed by atoms with E-state index < -0.39 is 32.0 Å². The minimum atomic E-state index is -3.95. The minimum absolute atomic E-state index is 0.0752. The van der Waals surface area contributed by atoms with Crippen molar-refractivity contribution in [3.63, 3.8) is 0 Å². The molecule has 0 amide bonds. The largest absolute Gasteiger partial charge is 0.478 e. The van der Waals surface area contributed by atoms with E-state index in [0.717, 1.165) is 5.39 Å². The molecule has 0 aliphatic carbocycles. The molecule has 8 aromatic rings. The van der Waals surface area contributed by atoms with Gasteiger partial charge in [0.25, 0.3) is 20.0 Å². The first-order valence-electron chi connectivity index (χ1n) is 18.1. The molecule has 6 aromatic carbocycles. The highest BCUT2D eigenvalue weighted by Gasteiger charge is 2.21. The van der Waals surface area contributed by atoms with Gasteiger partial charge in [0.1, 0.15) is 11.3 Å². The number of para-hydroxylation sites is 3. The van der Waals surface area contributed by atoms with Crippen LogP contribution in [0, 0.1) is 23.7 Å². The predicted octanol–water partition coefficient (Wildman–Crippen LogP) is 8.47. The van der Waals surface area contributed by atoms with Crippen LogP contribution in [-0.4, -0.2) is 44.0 Å². The van der Waals surface area contributed by atoms with Crippen molar-refractivity contribution in [3.05, 3.63) is 197 Å². The molecular formula is C47H31N3O9S2. The van der Waals surface area contributed by atoms with Gasteiger partial charge in [-0.15, -0.1) is 0 Å². The van der Waals surface area contributed by atoms with Crippen molar-refractivity contribution in [1.82, 2.24) is 4.98 Å². The van der Waals surface area contributed by atoms with Crippen LogP contribution in [0.1, 0.15) is 43.1 Å². The molecule has 0 unspecified atom stereocenters. The second-order valence-electron chi connectivity index (χ2n) is 13.0. The van der Waals surface area contributed by atoms with Gasteiger partial charge in [-0.3, -0.25) is 9.44 Å². The van der Waals surface area contributed by atoms with E-state index in [2.05, 4.69) is 38.1 Å². The van der Waals surface area contributed by atoms with E-state index in [4.69, 9.17) is 14.6 Å². The van der Waals surface area contributed by atoms with Crippen LogP contribution in [0.4, 0.5) is 11.4 Å². The molecule has 0 saturated heterocycles. The second-order valence-corrected chi connectivity index (χ2v) is 16.3. The van der Waals surface area contributed by atoms with Crippen LogP contribution in [0.15, 0.2) is 178 Å². The molecule has 0 aliphatic heterocycles. The molecule has 0 radical (unpaired) electrons. The van der Waals surface area contributed by atoms with Gasteiger partial charge >= 0.3 is 11.9 Å². The number of aromatic carboxylic acids is 2. The molecule has 0 bridgehead atoms. The summed E-state index contributed by atoms with van der Waals surface area (Å²) in [6.07, 6.45) is 1.36. The Hall–Kier alpha value is -8.17. The number of rotatable bonds is 8. The Kier molecular flexibility index (Phi) is 11.9. The van der Waals surface area contributed by atoms with Gasteiger partial charge in [-0.1, -0.05) is 103 Å². The minimum Gasteiger partial charge on any atom is -0.478 e. The molecule has 0 aliphatic rings. The highest BCUT2D eigenvalue weighted by atomic mass is 32.2. The second kappa shape index (κ2) is 17.8. The molecule has 4 N–H and O–H groups in total. The molecule has 0 fully saturated rings. The third-order valence-electron chi connectivity index (χ3n) is 8.85. The average Bonchev–Trinajstić information content (AvgIpc) is 3.72. The van der Waals surface area contributed by atoms with E-state index in [-0.39, 0.29) is 21.2 Å². The zero-order chi connectivity index (χ0) is 43.0. The van der Waals surface area contributed by atoms with Crippen LogP contribution < -0.4 is 9.44 Å². The van der Waals surface area contributed by atoms with Crippen LogP contribution in [0.5, 0.6) is 0 Å². The Labute approximate surface area is 350 Å². The number of hydrogen-bond donors (Lipinski definition) is 4. The Bertz CT molecular complexity index is 3270. The van der Waals surface area contributed by atoms with E-state index in [1.165, 1.54) is 30.5 Å². The number of benzene rings is 6. The third kappa shape index (κ3) is 9.93. The number of pyridine rings is 1. The van der Waals surface area contributed by atoms with Crippen molar-refractivity contribution < 1.29 is 41.1 Å². The zero-order valence-electron chi connectivity index (χ0n) is 31.6. The predicted molar refractivity (Wildman–Crippen MR) is 231 cm³/mol. The highest BCUT2D eigenvalue weighted by molar-refractivity contribution is 7.93. The monoisotopic (exact) mass is 845 g/mol. The number of furan rings is 1. The van der Waals surface area contributed by atoms with Crippen LogP contribution >= 0.6 is 0 Å². The first-order chi connectivity index (χ1) is 29.4. The zero-order valence-corrected chi connectivity index (χ0v) is 33.2. The summed E-state index contributed by atoms with van der Waals surface area (Å²) in [5.74, 6) is 9.51. The molecule has 2 heterocycles. The topological polar surface area (TPSA) is 193 Å². The number of carboxylic acid groups (broad SMARTS) is 2. The highest BCUT2D eigenvalue weighted by Crippen LogP contribution is 2.27. The number of hydrogen-bond acceptors (Lipinski definition) is 8. The Balaban J connectivity index is 0.000000184. The van der Waals surface area contributed by atoms with Crippen LogP contribution in [0.25, 0.3) is 21.7 Å². The molecule has 12 nitrogen and oxygen atoms in total. The van der Waals surface area contributed by atoms with Crippen LogP contribution in [0.2, 0.25) is 0 Å². The normalized spacial score (nSPS) is 10.9. The van der Waals surface area contributed by atoms with E-state index in [1.54, 1.807) is 115 Å². The van der Waals surface area contributed by atoms with Crippen molar-refractivity contribution in [3.8, 4) is 23.7 Å². The summed E-state index contributed by atoms with van der Waals surface area (Å²) < 4.78 is 62.4. The lowest BCUT2D eigenvalue weighted by atomic mass is 10.1. The van der Waals surface area contributed by atoms with E-state index in [0.29, 0.717) is 50.0 Å². The molecule has 0 atom stereocenters. The van der Waals surface area contributed by atoms with Crippen LogP contribution in [-0.2, 0) is 20.0 Å². The number of aromatic nitrogens is 1. The summed E-state index contributed by atoms with van der Waals surface area (Å²) in [6, 6.07) is 43.5. The van der Waals surface area contributed by atoms with Gasteiger partial charge in [0.2, 0.25) is 5.09 Å². The Morgan fingerprint density at radius 1 is 0.541 bits per heavy atom. The quantitative estimate of drug-likeness (QED) is 0.108. The number of fused-ring (bicyclic) bond motifs is 2. The molecule has 300 valence electrons. The van der Waals surface area contributed by atoms with Gasteiger partial charge in [0, 0.05) is 45.3 Å². The molecule has 0 spiro atoms. The fraction of sp³-hybridized carbons (Fsp3) is 0. The van der Waals surface area contributed by atoms with E-state index in [9.17, 15) is 26.4 Å². The summed E-state index contributed by atoms with van der Waals surface area (Å²) >= 11 is 0. The summed E-state index contributed by atoms with van der Waals surface area (Å²) in [5.41, 5.74) is 3.30. The van der Waals surface area contributed by atoms with Crippen molar-refractivity contribution in [2.45, 2.75) is 9.99 Å². The number of nitrogens with zero attached hydrogens (tertiary/aromatic N) is 1. The summed E-state index contributed by atoms with van der Waals surface area (Å²) in [7, 11) is -7.80. The molecule has 8 rings (SSSR count). The summed E-state index contributed by atoms with van der Waals surface area (Å²) in [6.45, 7) is 0. The first kappa shape index (κ1) is 41.0. The van der Waals surface area contributed by atoms with Gasteiger partial charge in [0.05, 0.1) is 21.8 Å². The van der Waals surface area contributed by atoms with Crippen molar-refractivity contribution >= 4 is 65.1 Å². The maximum Gasteiger partial charge on any atom is 0.354 e. The lowest BCUT2D eigenvalue weighted by molar-refractivity contribution is 0.0682. The lowest BCUT2D eigenvalue weighted by Gasteiger charge is -2.12. The molecular weight excluding hydrogens is 815 g/mol. The Morgan fingerprint density at radius 2 is 1.10 bits per heavy atom. The van der Waals surface area contributed by atoms with Gasteiger partial charge in [-0.05, 0) is 78.2 Å². The molecule has 61 heavy (non-hydrogen) atoms. The van der Waals surface area contributed by atoms with Gasteiger partial charge in [-0.2, -0.15) is 8.42 Å². The molecule has 0 saturated carbocycles. The number of nitrogens with one attached hydrogen (secondary N) is 2. The van der Waals surface area contributed by atoms with Crippen molar-refractivity contribution in [2.75, 3.05) is 9.44 Å². The fourth-order valence-electron chi connectivity index (χ4n) is 5.85. The van der Waals surface area contributed by atoms with Crippen LogP contribution in [0.3, 0.4) is 0 Å². The van der Waals surface area contributed by atoms with E-state index >= 15 is 0 Å². The van der Waals surface area contributed by atoms with Crippen molar-refractivity contribution in [2.24, 2.45) is 0 Å². The molecule has 14 heteroatoms. The number of sulfonamides is 2. The number of anilines is 2. The standard InChI is InChI=1S/C24H16N2O4S.C23H15NO5S/c27-24(28)22-15-13-17(16-25-22)12-14-19-7-2-4-10-21(19)26-31(29,30)23-11-5-8-18-6-1-3-9-20(18)23;25-23(26)18-13-10-16(11-14-18)9-12-17-5-1-3-7-20(17)24-30(27,28)22-15-19-6-2-4-8-21(19)29-22/h1-11,13,15-16,26H,(H,27,28);1-8,10-11,13-15,24H,(H,25,26). The first-order valence-corrected chi connectivity index (χ1v) is 21.1. The Morgan fingerprint density at radius 3 is 1.72 bits per heavy atom. The van der Waals surface area contributed by atoms with Gasteiger partial charge in [-0.25, -0.2) is 23.0 Å². The lowest BCUT2D eigenvalue weighted by Crippen LogP contribution is -2.14. The number of carbonyl (C=O) groups is 2. The van der Waals surface area contributed by atoms with Gasteiger partial charge < -0.3 is 14.6 Å². The smallest absolute Gasteiger partial charge is 0.354 e. The average molecular weight is 846 g/mol. The SMILES string of the molecule is O=C(O)c1ccc(C#Cc2ccccc2NS(=O)(=O)c2cc3ccccc3o2)cc1.O=C(O)c1ccc(C#Cc2ccccc2NS(=O)(=O)c2cccc3ccccc23)cn1.